The molecule has 0 aliphatic carbocycles. The molecular weight excluding hydrogens is 266 g/mol. The molecule has 1 rings (SSSR count). The molecule has 7 heteroatoms. The summed E-state index contributed by atoms with van der Waals surface area (Å²) in [7, 11) is 0. The van der Waals surface area contributed by atoms with E-state index in [0.717, 1.165) is 6.07 Å². The molecule has 1 aromatic rings. The van der Waals surface area contributed by atoms with E-state index in [2.05, 4.69) is 0 Å². The molecule has 3 nitrogen and oxygen atoms in total. The lowest BCUT2D eigenvalue weighted by atomic mass is 10.1. The molecule has 108 valence electrons. The van der Waals surface area contributed by atoms with Gasteiger partial charge in [0, 0.05) is 12.1 Å². The van der Waals surface area contributed by atoms with Gasteiger partial charge in [0.25, 0.3) is 0 Å². The molecule has 0 heterocycles. The largest absolute Gasteiger partial charge is 0.405 e. The fraction of sp³-hybridized carbons (Fsp3) is 0.500. The van der Waals surface area contributed by atoms with E-state index in [0.29, 0.717) is 4.90 Å². The first kappa shape index (κ1) is 15.7. The Morgan fingerprint density at radius 2 is 1.95 bits per heavy atom. The average molecular weight is 281 g/mol. The van der Waals surface area contributed by atoms with Crippen molar-refractivity contribution in [3.8, 4) is 0 Å². The number of para-hydroxylation sites is 1. The highest BCUT2D eigenvalue weighted by molar-refractivity contribution is 5.56. The topological polar surface area (TPSA) is 43.7 Å². The third kappa shape index (κ3) is 4.36. The standard InChI is InChI=1S/C12H15F4NO2/c1-8(19)9-3-2-4-10(13)11(9)17(5-6-18)7-12(14,15)16/h2-4,8,18-19H,5-7H2,1H3. The number of hydrogen-bond acceptors (Lipinski definition) is 3. The predicted octanol–water partition coefficient (Wildman–Crippen LogP) is 2.24. The number of aliphatic hydroxyl groups is 2. The van der Waals surface area contributed by atoms with Gasteiger partial charge in [0.1, 0.15) is 12.4 Å². The van der Waals surface area contributed by atoms with Crippen molar-refractivity contribution in [2.24, 2.45) is 0 Å². The Hall–Kier alpha value is -1.34. The van der Waals surface area contributed by atoms with Gasteiger partial charge in [-0.15, -0.1) is 0 Å². The van der Waals surface area contributed by atoms with Crippen LogP contribution >= 0.6 is 0 Å². The average Bonchev–Trinajstić information content (AvgIpc) is 2.26. The molecule has 0 saturated carbocycles. The van der Waals surface area contributed by atoms with E-state index < -0.39 is 31.2 Å². The molecule has 0 radical (unpaired) electrons. The summed E-state index contributed by atoms with van der Waals surface area (Å²) in [6.07, 6.45) is -5.65. The Morgan fingerprint density at radius 3 is 2.42 bits per heavy atom. The minimum atomic E-state index is -4.53. The van der Waals surface area contributed by atoms with Crippen LogP contribution in [0.5, 0.6) is 0 Å². The Labute approximate surface area is 108 Å². The number of anilines is 1. The number of hydrogen-bond donors (Lipinski definition) is 2. The molecule has 0 saturated heterocycles. The molecule has 0 aliphatic rings. The first-order valence-corrected chi connectivity index (χ1v) is 5.65. The van der Waals surface area contributed by atoms with E-state index in [1.165, 1.54) is 19.1 Å². The maximum Gasteiger partial charge on any atom is 0.405 e. The second-order valence-electron chi connectivity index (χ2n) is 4.11. The van der Waals surface area contributed by atoms with Gasteiger partial charge in [-0.25, -0.2) is 4.39 Å². The highest BCUT2D eigenvalue weighted by Crippen LogP contribution is 2.31. The summed E-state index contributed by atoms with van der Waals surface area (Å²) in [4.78, 5) is 0.678. The third-order valence-electron chi connectivity index (χ3n) is 2.52. The minimum Gasteiger partial charge on any atom is -0.395 e. The smallest absolute Gasteiger partial charge is 0.395 e. The van der Waals surface area contributed by atoms with Crippen LogP contribution in [0, 0.1) is 5.82 Å². The highest BCUT2D eigenvalue weighted by Gasteiger charge is 2.32. The van der Waals surface area contributed by atoms with Gasteiger partial charge in [-0.1, -0.05) is 12.1 Å². The second kappa shape index (κ2) is 6.21. The summed E-state index contributed by atoms with van der Waals surface area (Å²) < 4.78 is 51.2. The van der Waals surface area contributed by atoms with Gasteiger partial charge in [-0.05, 0) is 13.0 Å². The molecule has 0 aliphatic heterocycles. The Kier molecular flexibility index (Phi) is 5.13. The van der Waals surface area contributed by atoms with Crippen molar-refractivity contribution < 1.29 is 27.8 Å². The van der Waals surface area contributed by atoms with Crippen LogP contribution in [0.3, 0.4) is 0 Å². The minimum absolute atomic E-state index is 0.0534. The van der Waals surface area contributed by atoms with Crippen molar-refractivity contribution in [1.29, 1.82) is 0 Å². The van der Waals surface area contributed by atoms with E-state index in [1.54, 1.807) is 0 Å². The van der Waals surface area contributed by atoms with Gasteiger partial charge in [0.05, 0.1) is 18.4 Å². The quantitative estimate of drug-likeness (QED) is 0.814. The van der Waals surface area contributed by atoms with Crippen molar-refractivity contribution in [1.82, 2.24) is 0 Å². The first-order chi connectivity index (χ1) is 8.76. The lowest BCUT2D eigenvalue weighted by Gasteiger charge is -2.28. The van der Waals surface area contributed by atoms with E-state index in [1.807, 2.05) is 0 Å². The van der Waals surface area contributed by atoms with Gasteiger partial charge in [-0.3, -0.25) is 0 Å². The normalized spacial score (nSPS) is 13.4. The monoisotopic (exact) mass is 281 g/mol. The Bertz CT molecular complexity index is 421. The van der Waals surface area contributed by atoms with Crippen LogP contribution in [-0.2, 0) is 0 Å². The van der Waals surface area contributed by atoms with Crippen molar-refractivity contribution >= 4 is 5.69 Å². The predicted molar refractivity (Wildman–Crippen MR) is 62.4 cm³/mol. The molecule has 1 atom stereocenters. The van der Waals surface area contributed by atoms with E-state index >= 15 is 0 Å². The summed E-state index contributed by atoms with van der Waals surface area (Å²) in [6, 6.07) is 3.68. The summed E-state index contributed by atoms with van der Waals surface area (Å²) in [6.45, 7) is -0.985. The van der Waals surface area contributed by atoms with Crippen LogP contribution in [0.2, 0.25) is 0 Å². The maximum absolute atomic E-state index is 13.8. The maximum atomic E-state index is 13.8. The van der Waals surface area contributed by atoms with Crippen molar-refractivity contribution in [3.63, 3.8) is 0 Å². The summed E-state index contributed by atoms with van der Waals surface area (Å²) in [5, 5.41) is 18.3. The lowest BCUT2D eigenvalue weighted by Crippen LogP contribution is -2.37. The molecule has 1 unspecified atom stereocenters. The number of aliphatic hydroxyl groups excluding tert-OH is 2. The number of alkyl halides is 3. The summed E-state index contributed by atoms with van der Waals surface area (Å²) >= 11 is 0. The number of benzene rings is 1. The Balaban J connectivity index is 3.21. The van der Waals surface area contributed by atoms with Gasteiger partial charge >= 0.3 is 6.18 Å². The third-order valence-corrected chi connectivity index (χ3v) is 2.52. The van der Waals surface area contributed by atoms with Crippen LogP contribution in [0.4, 0.5) is 23.2 Å². The molecule has 19 heavy (non-hydrogen) atoms. The number of rotatable bonds is 5. The molecule has 0 spiro atoms. The molecule has 1 aromatic carbocycles. The number of nitrogens with zero attached hydrogens (tertiary/aromatic N) is 1. The number of halogens is 4. The van der Waals surface area contributed by atoms with Gasteiger partial charge in [0.15, 0.2) is 0 Å². The molecule has 0 amide bonds. The van der Waals surface area contributed by atoms with E-state index in [9.17, 15) is 22.7 Å². The van der Waals surface area contributed by atoms with Gasteiger partial charge < -0.3 is 15.1 Å². The van der Waals surface area contributed by atoms with Crippen LogP contribution in [0.1, 0.15) is 18.6 Å². The summed E-state index contributed by atoms with van der Waals surface area (Å²) in [5.74, 6) is -0.865. The van der Waals surface area contributed by atoms with Crippen molar-refractivity contribution in [3.05, 3.63) is 29.6 Å². The lowest BCUT2D eigenvalue weighted by molar-refractivity contribution is -0.120. The fourth-order valence-electron chi connectivity index (χ4n) is 1.81. The van der Waals surface area contributed by atoms with Crippen molar-refractivity contribution in [2.45, 2.75) is 19.2 Å². The molecule has 2 N–H and O–H groups in total. The second-order valence-corrected chi connectivity index (χ2v) is 4.11. The van der Waals surface area contributed by atoms with Crippen molar-refractivity contribution in [2.75, 3.05) is 24.6 Å². The van der Waals surface area contributed by atoms with E-state index in [4.69, 9.17) is 5.11 Å². The molecule has 0 bridgehead atoms. The fourth-order valence-corrected chi connectivity index (χ4v) is 1.81. The highest BCUT2D eigenvalue weighted by atomic mass is 19.4. The molecular formula is C12H15F4NO2. The van der Waals surface area contributed by atoms with Crippen LogP contribution in [0.25, 0.3) is 0 Å². The van der Waals surface area contributed by atoms with Crippen LogP contribution in [0.15, 0.2) is 18.2 Å². The SMILES string of the molecule is CC(O)c1cccc(F)c1N(CCO)CC(F)(F)F. The zero-order valence-electron chi connectivity index (χ0n) is 10.3. The van der Waals surface area contributed by atoms with Gasteiger partial charge in [0.2, 0.25) is 0 Å². The molecule has 0 aromatic heterocycles. The zero-order valence-corrected chi connectivity index (χ0v) is 10.3. The van der Waals surface area contributed by atoms with Crippen LogP contribution < -0.4 is 4.90 Å². The van der Waals surface area contributed by atoms with Gasteiger partial charge in [-0.2, -0.15) is 13.2 Å². The van der Waals surface area contributed by atoms with Crippen LogP contribution in [-0.4, -0.2) is 36.1 Å². The molecule has 0 fully saturated rings. The first-order valence-electron chi connectivity index (χ1n) is 5.65. The Morgan fingerprint density at radius 1 is 1.32 bits per heavy atom. The zero-order chi connectivity index (χ0) is 14.6. The summed E-state index contributed by atoms with van der Waals surface area (Å²) in [5.41, 5.74) is -0.276. The van der Waals surface area contributed by atoms with E-state index in [-0.39, 0.29) is 17.8 Å².